The Morgan fingerprint density at radius 2 is 1.90 bits per heavy atom. The summed E-state index contributed by atoms with van der Waals surface area (Å²) >= 11 is 5.97. The van der Waals surface area contributed by atoms with Crippen LogP contribution in [0.1, 0.15) is 21.5 Å². The summed E-state index contributed by atoms with van der Waals surface area (Å²) in [6, 6.07) is 10.7. The largest absolute Gasteiger partial charge is 0.497 e. The fourth-order valence-corrected chi connectivity index (χ4v) is 1.93. The molecule has 0 radical (unpaired) electrons. The second-order valence-electron chi connectivity index (χ2n) is 4.38. The molecule has 0 atom stereocenters. The molecule has 0 heterocycles. The minimum atomic E-state index is 0.298. The number of aryl methyl sites for hydroxylation is 1. The lowest BCUT2D eigenvalue weighted by atomic mass is 10.1. The topological polar surface area (TPSA) is 35.5 Å². The van der Waals surface area contributed by atoms with Gasteiger partial charge in [-0.2, -0.15) is 0 Å². The molecule has 3 nitrogen and oxygen atoms in total. The maximum Gasteiger partial charge on any atom is 0.150 e. The number of carbonyl (C=O) groups is 1. The molecular formula is C16H15ClO3. The number of aldehydes is 1. The van der Waals surface area contributed by atoms with Crippen LogP contribution in [-0.2, 0) is 6.61 Å². The van der Waals surface area contributed by atoms with E-state index in [0.717, 1.165) is 17.4 Å². The number of benzene rings is 2. The Balaban J connectivity index is 2.17. The van der Waals surface area contributed by atoms with Crippen LogP contribution < -0.4 is 9.47 Å². The summed E-state index contributed by atoms with van der Waals surface area (Å²) in [5.74, 6) is 1.41. The summed E-state index contributed by atoms with van der Waals surface area (Å²) in [6.45, 7) is 2.21. The molecule has 0 fully saturated rings. The molecule has 0 saturated heterocycles. The van der Waals surface area contributed by atoms with E-state index >= 15 is 0 Å². The molecule has 2 aromatic carbocycles. The number of methoxy groups -OCH3 is 1. The van der Waals surface area contributed by atoms with Crippen molar-refractivity contribution in [2.75, 3.05) is 7.11 Å². The van der Waals surface area contributed by atoms with Crippen molar-refractivity contribution in [3.63, 3.8) is 0 Å². The van der Waals surface area contributed by atoms with Crippen molar-refractivity contribution < 1.29 is 14.3 Å². The van der Waals surface area contributed by atoms with Gasteiger partial charge in [0.15, 0.2) is 0 Å². The van der Waals surface area contributed by atoms with Gasteiger partial charge in [0, 0.05) is 16.1 Å². The van der Waals surface area contributed by atoms with Gasteiger partial charge in [0.1, 0.15) is 24.4 Å². The Bertz CT molecular complexity index is 623. The fraction of sp³-hybridized carbons (Fsp3) is 0.188. The number of rotatable bonds is 5. The number of hydrogen-bond acceptors (Lipinski definition) is 3. The lowest BCUT2D eigenvalue weighted by molar-refractivity contribution is 0.112. The van der Waals surface area contributed by atoms with E-state index in [2.05, 4.69) is 0 Å². The van der Waals surface area contributed by atoms with E-state index in [1.807, 2.05) is 13.0 Å². The van der Waals surface area contributed by atoms with Crippen molar-refractivity contribution in [3.8, 4) is 11.5 Å². The Morgan fingerprint density at radius 3 is 2.55 bits per heavy atom. The normalized spacial score (nSPS) is 10.2. The highest BCUT2D eigenvalue weighted by atomic mass is 35.5. The first kappa shape index (κ1) is 14.4. The van der Waals surface area contributed by atoms with Crippen LogP contribution in [-0.4, -0.2) is 13.4 Å². The van der Waals surface area contributed by atoms with Crippen LogP contribution in [0, 0.1) is 6.92 Å². The van der Waals surface area contributed by atoms with Crippen molar-refractivity contribution in [2.24, 2.45) is 0 Å². The molecular weight excluding hydrogens is 276 g/mol. The predicted octanol–water partition coefficient (Wildman–Crippen LogP) is 4.05. The molecule has 0 N–H and O–H groups in total. The Kier molecular flexibility index (Phi) is 4.64. The van der Waals surface area contributed by atoms with Gasteiger partial charge in [-0.05, 0) is 48.9 Å². The van der Waals surface area contributed by atoms with Crippen molar-refractivity contribution in [1.29, 1.82) is 0 Å². The number of ether oxygens (including phenoxy) is 2. The van der Waals surface area contributed by atoms with Crippen molar-refractivity contribution in [3.05, 3.63) is 58.1 Å². The molecule has 2 rings (SSSR count). The molecule has 0 bridgehead atoms. The summed E-state index contributed by atoms with van der Waals surface area (Å²) in [7, 11) is 1.59. The zero-order chi connectivity index (χ0) is 14.5. The van der Waals surface area contributed by atoms with E-state index in [9.17, 15) is 4.79 Å². The van der Waals surface area contributed by atoms with E-state index in [1.165, 1.54) is 0 Å². The van der Waals surface area contributed by atoms with E-state index in [4.69, 9.17) is 21.1 Å². The number of hydrogen-bond donors (Lipinski definition) is 0. The SMILES string of the molecule is COc1ccc(C=O)c(COc2ccc(Cl)c(C)c2)c1. The van der Waals surface area contributed by atoms with Crippen molar-refractivity contribution in [1.82, 2.24) is 0 Å². The molecule has 0 unspecified atom stereocenters. The number of halogens is 1. The maximum atomic E-state index is 11.0. The van der Waals surface area contributed by atoms with Crippen LogP contribution in [0.2, 0.25) is 5.02 Å². The molecule has 104 valence electrons. The lowest BCUT2D eigenvalue weighted by Crippen LogP contribution is -2.00. The summed E-state index contributed by atoms with van der Waals surface area (Å²) in [6.07, 6.45) is 0.811. The second kappa shape index (κ2) is 6.44. The van der Waals surface area contributed by atoms with E-state index in [0.29, 0.717) is 28.7 Å². The highest BCUT2D eigenvalue weighted by Gasteiger charge is 2.06. The average molecular weight is 291 g/mol. The van der Waals surface area contributed by atoms with Crippen LogP contribution in [0.25, 0.3) is 0 Å². The first-order chi connectivity index (χ1) is 9.63. The van der Waals surface area contributed by atoms with E-state index in [1.54, 1.807) is 37.4 Å². The van der Waals surface area contributed by atoms with Crippen LogP contribution in [0.15, 0.2) is 36.4 Å². The zero-order valence-electron chi connectivity index (χ0n) is 11.4. The van der Waals surface area contributed by atoms with Gasteiger partial charge < -0.3 is 9.47 Å². The van der Waals surface area contributed by atoms with Gasteiger partial charge in [0.05, 0.1) is 7.11 Å². The van der Waals surface area contributed by atoms with Gasteiger partial charge in [0.25, 0.3) is 0 Å². The van der Waals surface area contributed by atoms with Gasteiger partial charge in [-0.15, -0.1) is 0 Å². The fourth-order valence-electron chi connectivity index (χ4n) is 1.82. The summed E-state index contributed by atoms with van der Waals surface area (Å²) in [5, 5.41) is 0.701. The van der Waals surface area contributed by atoms with Gasteiger partial charge >= 0.3 is 0 Å². The molecule has 2 aromatic rings. The highest BCUT2D eigenvalue weighted by molar-refractivity contribution is 6.31. The molecule has 0 spiro atoms. The molecule has 0 aromatic heterocycles. The molecule has 20 heavy (non-hydrogen) atoms. The highest BCUT2D eigenvalue weighted by Crippen LogP contribution is 2.23. The van der Waals surface area contributed by atoms with Gasteiger partial charge in [-0.25, -0.2) is 0 Å². The van der Waals surface area contributed by atoms with Crippen LogP contribution in [0.3, 0.4) is 0 Å². The average Bonchev–Trinajstić information content (AvgIpc) is 2.48. The third-order valence-corrected chi connectivity index (χ3v) is 3.42. The van der Waals surface area contributed by atoms with Gasteiger partial charge in [-0.3, -0.25) is 4.79 Å². The van der Waals surface area contributed by atoms with Crippen LogP contribution in [0.5, 0.6) is 11.5 Å². The standard InChI is InChI=1S/C16H15ClO3/c1-11-7-15(5-6-16(11)17)20-10-13-8-14(19-2)4-3-12(13)9-18/h3-9H,10H2,1-2H3. The first-order valence-electron chi connectivity index (χ1n) is 6.15. The molecule has 4 heteroatoms. The molecule has 0 aliphatic heterocycles. The Labute approximate surface area is 123 Å². The van der Waals surface area contributed by atoms with Gasteiger partial charge in [0.2, 0.25) is 0 Å². The van der Waals surface area contributed by atoms with E-state index < -0.39 is 0 Å². The zero-order valence-corrected chi connectivity index (χ0v) is 12.1. The minimum absolute atomic E-state index is 0.298. The van der Waals surface area contributed by atoms with E-state index in [-0.39, 0.29) is 0 Å². The Hall–Kier alpha value is -2.00. The van der Waals surface area contributed by atoms with Crippen molar-refractivity contribution >= 4 is 17.9 Å². The van der Waals surface area contributed by atoms with Gasteiger partial charge in [-0.1, -0.05) is 11.6 Å². The van der Waals surface area contributed by atoms with Crippen LogP contribution >= 0.6 is 11.6 Å². The molecule has 0 amide bonds. The summed E-state index contributed by atoms with van der Waals surface area (Å²) < 4.78 is 10.8. The minimum Gasteiger partial charge on any atom is -0.497 e. The molecule has 0 aliphatic carbocycles. The lowest BCUT2D eigenvalue weighted by Gasteiger charge is -2.10. The third-order valence-electron chi connectivity index (χ3n) is 3.00. The smallest absolute Gasteiger partial charge is 0.150 e. The quantitative estimate of drug-likeness (QED) is 0.779. The maximum absolute atomic E-state index is 11.0. The number of carbonyl (C=O) groups excluding carboxylic acids is 1. The monoisotopic (exact) mass is 290 g/mol. The predicted molar refractivity (Wildman–Crippen MR) is 78.9 cm³/mol. The third kappa shape index (κ3) is 3.31. The first-order valence-corrected chi connectivity index (χ1v) is 6.53. The summed E-state index contributed by atoms with van der Waals surface area (Å²) in [5.41, 5.74) is 2.33. The molecule has 0 saturated carbocycles. The van der Waals surface area contributed by atoms with Crippen LogP contribution in [0.4, 0.5) is 0 Å². The summed E-state index contributed by atoms with van der Waals surface area (Å²) in [4.78, 5) is 11.0. The molecule has 0 aliphatic rings. The second-order valence-corrected chi connectivity index (χ2v) is 4.79. The Morgan fingerprint density at radius 1 is 1.15 bits per heavy atom. The van der Waals surface area contributed by atoms with Crippen molar-refractivity contribution in [2.45, 2.75) is 13.5 Å².